The van der Waals surface area contributed by atoms with E-state index in [2.05, 4.69) is 33.0 Å². The quantitative estimate of drug-likeness (QED) is 0.776. The van der Waals surface area contributed by atoms with Crippen molar-refractivity contribution < 1.29 is 4.79 Å². The molecule has 1 rings (SSSR count). The van der Waals surface area contributed by atoms with Gasteiger partial charge in [-0.15, -0.1) is 0 Å². The Kier molecular flexibility index (Phi) is 4.52. The fraction of sp³-hybridized carbons (Fsp3) is 0.556. The minimum atomic E-state index is -0.384. The van der Waals surface area contributed by atoms with Gasteiger partial charge >= 0.3 is 0 Å². The first-order valence-corrected chi connectivity index (χ1v) is 5.86. The van der Waals surface area contributed by atoms with Crippen LogP contribution in [0.3, 0.4) is 0 Å². The van der Waals surface area contributed by atoms with Crippen LogP contribution < -0.4 is 11.1 Å². The number of hydrogen-bond acceptors (Lipinski definition) is 3. The molecule has 2 atom stereocenters. The Morgan fingerprint density at radius 3 is 2.87 bits per heavy atom. The molecule has 0 saturated carbocycles. The number of halogens is 1. The SMILES string of the molecule is CCNC(C(N)=O)C(C)n1cc(I)cn1. The number of aromatic nitrogens is 2. The fourth-order valence-electron chi connectivity index (χ4n) is 1.42. The van der Waals surface area contributed by atoms with Gasteiger partial charge in [0.2, 0.25) is 5.91 Å². The Balaban J connectivity index is 2.80. The zero-order valence-corrected chi connectivity index (χ0v) is 10.9. The van der Waals surface area contributed by atoms with Gasteiger partial charge in [-0.3, -0.25) is 9.48 Å². The van der Waals surface area contributed by atoms with E-state index in [0.717, 1.165) is 3.57 Å². The maximum atomic E-state index is 11.2. The summed E-state index contributed by atoms with van der Waals surface area (Å²) in [6.07, 6.45) is 3.64. The molecule has 15 heavy (non-hydrogen) atoms. The predicted molar refractivity (Wildman–Crippen MR) is 66.3 cm³/mol. The molecule has 84 valence electrons. The van der Waals surface area contributed by atoms with E-state index < -0.39 is 0 Å². The predicted octanol–water partition coefficient (Wildman–Crippen LogP) is 0.512. The maximum absolute atomic E-state index is 11.2. The molecule has 0 bridgehead atoms. The van der Waals surface area contributed by atoms with E-state index in [9.17, 15) is 4.79 Å². The molecule has 1 aromatic heterocycles. The van der Waals surface area contributed by atoms with Crippen molar-refractivity contribution in [1.29, 1.82) is 0 Å². The lowest BCUT2D eigenvalue weighted by Gasteiger charge is -2.21. The number of carbonyl (C=O) groups excluding carboxylic acids is 1. The van der Waals surface area contributed by atoms with Crippen molar-refractivity contribution in [3.8, 4) is 0 Å². The van der Waals surface area contributed by atoms with Crippen molar-refractivity contribution in [3.05, 3.63) is 16.0 Å². The number of amides is 1. The van der Waals surface area contributed by atoms with Crippen molar-refractivity contribution in [2.24, 2.45) is 5.73 Å². The molecule has 1 heterocycles. The smallest absolute Gasteiger partial charge is 0.236 e. The normalized spacial score (nSPS) is 14.9. The number of nitrogens with two attached hydrogens (primary N) is 1. The van der Waals surface area contributed by atoms with Gasteiger partial charge in [-0.25, -0.2) is 0 Å². The van der Waals surface area contributed by atoms with Gasteiger partial charge in [0.05, 0.1) is 15.8 Å². The monoisotopic (exact) mass is 322 g/mol. The van der Waals surface area contributed by atoms with Gasteiger partial charge in [-0.05, 0) is 36.1 Å². The number of nitrogens with zero attached hydrogens (tertiary/aromatic N) is 2. The summed E-state index contributed by atoms with van der Waals surface area (Å²) in [4.78, 5) is 11.2. The maximum Gasteiger partial charge on any atom is 0.236 e. The Labute approximate surface area is 103 Å². The molecule has 6 heteroatoms. The van der Waals surface area contributed by atoms with E-state index in [1.165, 1.54) is 0 Å². The third-order valence-corrected chi connectivity index (χ3v) is 2.76. The number of likely N-dealkylation sites (N-methyl/N-ethyl adjacent to an activating group) is 1. The highest BCUT2D eigenvalue weighted by atomic mass is 127. The van der Waals surface area contributed by atoms with E-state index in [4.69, 9.17) is 5.73 Å². The largest absolute Gasteiger partial charge is 0.368 e. The van der Waals surface area contributed by atoms with Gasteiger partial charge < -0.3 is 11.1 Å². The van der Waals surface area contributed by atoms with E-state index in [0.29, 0.717) is 6.54 Å². The third-order valence-electron chi connectivity index (χ3n) is 2.20. The van der Waals surface area contributed by atoms with E-state index in [1.54, 1.807) is 10.9 Å². The van der Waals surface area contributed by atoms with Crippen molar-refractivity contribution in [3.63, 3.8) is 0 Å². The number of nitrogens with one attached hydrogen (secondary N) is 1. The number of hydrogen-bond donors (Lipinski definition) is 2. The third kappa shape index (κ3) is 3.16. The minimum absolute atomic E-state index is 0.0778. The lowest BCUT2D eigenvalue weighted by Crippen LogP contribution is -2.46. The average Bonchev–Trinajstić information content (AvgIpc) is 2.59. The van der Waals surface area contributed by atoms with Crippen LogP contribution >= 0.6 is 22.6 Å². The lowest BCUT2D eigenvalue weighted by atomic mass is 10.1. The summed E-state index contributed by atoms with van der Waals surface area (Å²) in [5, 5.41) is 7.21. The number of rotatable bonds is 5. The van der Waals surface area contributed by atoms with Gasteiger partial charge in [0.15, 0.2) is 0 Å². The van der Waals surface area contributed by atoms with E-state index in [-0.39, 0.29) is 18.0 Å². The molecular formula is C9H15IN4O. The molecule has 3 N–H and O–H groups in total. The molecule has 0 saturated heterocycles. The molecule has 1 aromatic rings. The Bertz CT molecular complexity index is 339. The number of carbonyl (C=O) groups is 1. The molecule has 2 unspecified atom stereocenters. The van der Waals surface area contributed by atoms with Crippen LogP contribution in [0.2, 0.25) is 0 Å². The van der Waals surface area contributed by atoms with Crippen molar-refractivity contribution in [1.82, 2.24) is 15.1 Å². The molecule has 0 radical (unpaired) electrons. The zero-order chi connectivity index (χ0) is 11.4. The van der Waals surface area contributed by atoms with Crippen LogP contribution in [0.25, 0.3) is 0 Å². The average molecular weight is 322 g/mol. The second-order valence-corrected chi connectivity index (χ2v) is 4.56. The standard InChI is InChI=1S/C9H15IN4O/c1-3-12-8(9(11)15)6(2)14-5-7(10)4-13-14/h4-6,8,12H,3H2,1-2H3,(H2,11,15). The molecular weight excluding hydrogens is 307 g/mol. The van der Waals surface area contributed by atoms with Crippen molar-refractivity contribution in [2.75, 3.05) is 6.54 Å². The first-order valence-electron chi connectivity index (χ1n) is 4.78. The highest BCUT2D eigenvalue weighted by molar-refractivity contribution is 14.1. The molecule has 0 aromatic carbocycles. The molecule has 1 amide bonds. The molecule has 0 spiro atoms. The molecule has 0 aliphatic rings. The fourth-order valence-corrected chi connectivity index (χ4v) is 1.83. The lowest BCUT2D eigenvalue weighted by molar-refractivity contribution is -0.121. The molecule has 0 aliphatic heterocycles. The first-order chi connectivity index (χ1) is 7.06. The second-order valence-electron chi connectivity index (χ2n) is 3.32. The van der Waals surface area contributed by atoms with Crippen LogP contribution in [-0.4, -0.2) is 28.3 Å². The van der Waals surface area contributed by atoms with Crippen LogP contribution in [0.15, 0.2) is 12.4 Å². The second kappa shape index (κ2) is 5.45. The van der Waals surface area contributed by atoms with Crippen molar-refractivity contribution >= 4 is 28.5 Å². The summed E-state index contributed by atoms with van der Waals surface area (Å²) >= 11 is 2.18. The van der Waals surface area contributed by atoms with Gasteiger partial charge in [0.1, 0.15) is 6.04 Å². The van der Waals surface area contributed by atoms with Gasteiger partial charge in [0.25, 0.3) is 0 Å². The molecule has 0 fully saturated rings. The Morgan fingerprint density at radius 2 is 2.47 bits per heavy atom. The van der Waals surface area contributed by atoms with Crippen LogP contribution in [0.1, 0.15) is 19.9 Å². The molecule has 5 nitrogen and oxygen atoms in total. The van der Waals surface area contributed by atoms with Crippen LogP contribution in [0, 0.1) is 3.57 Å². The van der Waals surface area contributed by atoms with Gasteiger partial charge in [-0.2, -0.15) is 5.10 Å². The number of primary amides is 1. The van der Waals surface area contributed by atoms with Gasteiger partial charge in [0, 0.05) is 6.20 Å². The topological polar surface area (TPSA) is 72.9 Å². The minimum Gasteiger partial charge on any atom is -0.368 e. The summed E-state index contributed by atoms with van der Waals surface area (Å²) in [6.45, 7) is 4.56. The summed E-state index contributed by atoms with van der Waals surface area (Å²) < 4.78 is 2.79. The summed E-state index contributed by atoms with van der Waals surface area (Å²) in [7, 11) is 0. The van der Waals surface area contributed by atoms with Crippen LogP contribution in [0.5, 0.6) is 0 Å². The van der Waals surface area contributed by atoms with E-state index in [1.807, 2.05) is 20.0 Å². The Morgan fingerprint density at radius 1 is 1.80 bits per heavy atom. The first kappa shape index (κ1) is 12.4. The summed E-state index contributed by atoms with van der Waals surface area (Å²) in [6, 6.07) is -0.461. The zero-order valence-electron chi connectivity index (χ0n) is 8.77. The summed E-state index contributed by atoms with van der Waals surface area (Å²) in [5.74, 6) is -0.352. The molecule has 0 aliphatic carbocycles. The van der Waals surface area contributed by atoms with Crippen molar-refractivity contribution in [2.45, 2.75) is 25.9 Å². The summed E-state index contributed by atoms with van der Waals surface area (Å²) in [5.41, 5.74) is 5.32. The highest BCUT2D eigenvalue weighted by Gasteiger charge is 2.23. The highest BCUT2D eigenvalue weighted by Crippen LogP contribution is 2.12. The Hall–Kier alpha value is -0.630. The van der Waals surface area contributed by atoms with Crippen LogP contribution in [0.4, 0.5) is 0 Å². The van der Waals surface area contributed by atoms with E-state index >= 15 is 0 Å². The van der Waals surface area contributed by atoms with Gasteiger partial charge in [-0.1, -0.05) is 6.92 Å². The van der Waals surface area contributed by atoms with Crippen LogP contribution in [-0.2, 0) is 4.79 Å².